The molecule has 9 nitrogen and oxygen atoms in total. The van der Waals surface area contributed by atoms with Crippen LogP contribution in [0.15, 0.2) is 4.99 Å². The maximum absolute atomic E-state index is 12.0. The van der Waals surface area contributed by atoms with E-state index in [0.717, 1.165) is 45.1 Å². The fraction of sp³-hybridized carbons (Fsp3) is 0.857. The van der Waals surface area contributed by atoms with Crippen LogP contribution in [0.25, 0.3) is 0 Å². The molecule has 0 bridgehead atoms. The van der Waals surface area contributed by atoms with Gasteiger partial charge in [0.15, 0.2) is 5.96 Å². The number of likely N-dealkylation sites (N-methyl/N-ethyl adjacent to an activating group) is 1. The van der Waals surface area contributed by atoms with Crippen molar-refractivity contribution in [1.29, 1.82) is 0 Å². The smallest absolute Gasteiger partial charge is 0.407 e. The van der Waals surface area contributed by atoms with Gasteiger partial charge in [0.25, 0.3) is 0 Å². The van der Waals surface area contributed by atoms with Gasteiger partial charge in [-0.15, -0.1) is 0 Å². The summed E-state index contributed by atoms with van der Waals surface area (Å²) in [7, 11) is 3.45. The van der Waals surface area contributed by atoms with Crippen molar-refractivity contribution in [2.45, 2.75) is 83.1 Å². The minimum Gasteiger partial charge on any atom is -0.444 e. The summed E-state index contributed by atoms with van der Waals surface area (Å²) in [6.07, 6.45) is 5.50. The average Bonchev–Trinajstić information content (AvgIpc) is 3.17. The van der Waals surface area contributed by atoms with Crippen LogP contribution in [0, 0.1) is 0 Å². The van der Waals surface area contributed by atoms with Gasteiger partial charge < -0.3 is 30.3 Å². The number of alkyl carbamates (subject to hydrolysis) is 1. The molecule has 0 radical (unpaired) electrons. The third-order valence-electron chi connectivity index (χ3n) is 5.18. The maximum atomic E-state index is 12.0. The van der Waals surface area contributed by atoms with Gasteiger partial charge in [-0.25, -0.2) is 9.79 Å². The average molecular weight is 426 g/mol. The number of carbonyl (C=O) groups excluding carboxylic acids is 2. The highest BCUT2D eigenvalue weighted by Crippen LogP contribution is 2.19. The third-order valence-corrected chi connectivity index (χ3v) is 5.18. The summed E-state index contributed by atoms with van der Waals surface area (Å²) in [6.45, 7) is 7.16. The van der Waals surface area contributed by atoms with Crippen LogP contribution in [0.3, 0.4) is 0 Å². The first kappa shape index (κ1) is 24.2. The molecule has 2 rings (SSSR count). The number of carbonyl (C=O) groups is 2. The summed E-state index contributed by atoms with van der Waals surface area (Å²) in [4.78, 5) is 29.9. The summed E-state index contributed by atoms with van der Waals surface area (Å²) >= 11 is 0. The Morgan fingerprint density at radius 1 is 1.07 bits per heavy atom. The Hall–Kier alpha value is -2.03. The molecule has 1 saturated heterocycles. The highest BCUT2D eigenvalue weighted by molar-refractivity contribution is 5.85. The molecule has 1 saturated carbocycles. The van der Waals surface area contributed by atoms with Gasteiger partial charge >= 0.3 is 6.09 Å². The SMILES string of the molecule is CN(C)C(=O)CN=C(NCC1CCCO1)NC1CCC(NC(=O)OC(C)(C)C)CC1. The van der Waals surface area contributed by atoms with E-state index >= 15 is 0 Å². The molecule has 0 aromatic carbocycles. The van der Waals surface area contributed by atoms with Crippen LogP contribution in [0.1, 0.15) is 59.3 Å². The molecule has 1 aliphatic heterocycles. The predicted molar refractivity (Wildman–Crippen MR) is 117 cm³/mol. The number of amides is 2. The molecule has 3 N–H and O–H groups in total. The van der Waals surface area contributed by atoms with Crippen molar-refractivity contribution in [3.63, 3.8) is 0 Å². The molecule has 1 atom stereocenters. The lowest BCUT2D eigenvalue weighted by Gasteiger charge is -2.31. The molecule has 0 aromatic heterocycles. The first-order valence-electron chi connectivity index (χ1n) is 11.0. The molecule has 1 heterocycles. The second-order valence-corrected chi connectivity index (χ2v) is 9.31. The molecule has 1 aliphatic carbocycles. The van der Waals surface area contributed by atoms with E-state index in [1.807, 2.05) is 20.8 Å². The van der Waals surface area contributed by atoms with Gasteiger partial charge in [0.2, 0.25) is 5.91 Å². The molecule has 2 aliphatic rings. The van der Waals surface area contributed by atoms with Crippen molar-refractivity contribution in [1.82, 2.24) is 20.9 Å². The molecular weight excluding hydrogens is 386 g/mol. The molecule has 2 fully saturated rings. The fourth-order valence-electron chi connectivity index (χ4n) is 3.51. The molecule has 30 heavy (non-hydrogen) atoms. The highest BCUT2D eigenvalue weighted by Gasteiger charge is 2.25. The van der Waals surface area contributed by atoms with Gasteiger partial charge in [-0.2, -0.15) is 0 Å². The Morgan fingerprint density at radius 3 is 2.23 bits per heavy atom. The summed E-state index contributed by atoms with van der Waals surface area (Å²) in [5.41, 5.74) is -0.493. The largest absolute Gasteiger partial charge is 0.444 e. The van der Waals surface area contributed by atoms with Crippen molar-refractivity contribution in [3.05, 3.63) is 0 Å². The number of ether oxygens (including phenoxy) is 2. The number of rotatable bonds is 6. The fourth-order valence-corrected chi connectivity index (χ4v) is 3.51. The molecule has 0 aromatic rings. The second-order valence-electron chi connectivity index (χ2n) is 9.31. The van der Waals surface area contributed by atoms with Crippen LogP contribution >= 0.6 is 0 Å². The standard InChI is InChI=1S/C21H39N5O4/c1-21(2,3)30-20(28)25-16-10-8-15(9-11-16)24-19(23-14-18(27)26(4)5)22-13-17-7-6-12-29-17/h15-17H,6-14H2,1-5H3,(H,25,28)(H2,22,23,24). The molecular formula is C21H39N5O4. The Kier molecular flexibility index (Phi) is 9.20. The second kappa shape index (κ2) is 11.4. The monoisotopic (exact) mass is 425 g/mol. The zero-order valence-corrected chi connectivity index (χ0v) is 19.1. The van der Waals surface area contributed by atoms with E-state index in [1.54, 1.807) is 14.1 Å². The molecule has 9 heteroatoms. The number of guanidine groups is 1. The van der Waals surface area contributed by atoms with E-state index in [4.69, 9.17) is 9.47 Å². The lowest BCUT2D eigenvalue weighted by molar-refractivity contribution is -0.127. The summed E-state index contributed by atoms with van der Waals surface area (Å²) in [5.74, 6) is 0.600. The van der Waals surface area contributed by atoms with Gasteiger partial charge in [-0.1, -0.05) is 0 Å². The highest BCUT2D eigenvalue weighted by atomic mass is 16.6. The first-order chi connectivity index (χ1) is 14.1. The van der Waals surface area contributed by atoms with Crippen molar-refractivity contribution < 1.29 is 19.1 Å². The third kappa shape index (κ3) is 9.19. The number of hydrogen-bond donors (Lipinski definition) is 3. The van der Waals surface area contributed by atoms with Gasteiger partial charge in [0, 0.05) is 39.3 Å². The molecule has 172 valence electrons. The first-order valence-corrected chi connectivity index (χ1v) is 11.0. The van der Waals surface area contributed by atoms with Crippen molar-refractivity contribution >= 4 is 18.0 Å². The summed E-state index contributed by atoms with van der Waals surface area (Å²) in [5, 5.41) is 9.74. The van der Waals surface area contributed by atoms with Gasteiger partial charge in [0.1, 0.15) is 12.1 Å². The minimum absolute atomic E-state index is 0.0431. The quantitative estimate of drug-likeness (QED) is 0.441. The predicted octanol–water partition coefficient (Wildman–Crippen LogP) is 1.62. The minimum atomic E-state index is -0.493. The van der Waals surface area contributed by atoms with Crippen LogP contribution in [0.2, 0.25) is 0 Å². The maximum Gasteiger partial charge on any atom is 0.407 e. The van der Waals surface area contributed by atoms with E-state index in [1.165, 1.54) is 4.90 Å². The Labute approximate surface area is 180 Å². The normalized spacial score (nSPS) is 24.8. The zero-order chi connectivity index (χ0) is 22.1. The summed E-state index contributed by atoms with van der Waals surface area (Å²) < 4.78 is 11.0. The van der Waals surface area contributed by atoms with Crippen molar-refractivity contribution in [2.24, 2.45) is 4.99 Å². The summed E-state index contributed by atoms with van der Waals surface area (Å²) in [6, 6.07) is 0.361. The van der Waals surface area contributed by atoms with Crippen LogP contribution in [-0.4, -0.2) is 80.4 Å². The van der Waals surface area contributed by atoms with Gasteiger partial charge in [-0.05, 0) is 59.3 Å². The van der Waals surface area contributed by atoms with E-state index in [-0.39, 0.29) is 36.7 Å². The lowest BCUT2D eigenvalue weighted by atomic mass is 9.91. The Balaban J connectivity index is 1.82. The van der Waals surface area contributed by atoms with Gasteiger partial charge in [-0.3, -0.25) is 4.79 Å². The van der Waals surface area contributed by atoms with Gasteiger partial charge in [0.05, 0.1) is 6.10 Å². The van der Waals surface area contributed by atoms with Crippen LogP contribution in [0.5, 0.6) is 0 Å². The number of nitrogens with one attached hydrogen (secondary N) is 3. The van der Waals surface area contributed by atoms with E-state index in [2.05, 4.69) is 20.9 Å². The molecule has 0 spiro atoms. The van der Waals surface area contributed by atoms with Crippen LogP contribution < -0.4 is 16.0 Å². The van der Waals surface area contributed by atoms with E-state index < -0.39 is 5.60 Å². The number of nitrogens with zero attached hydrogens (tertiary/aromatic N) is 2. The Bertz CT molecular complexity index is 589. The molecule has 2 amide bonds. The van der Waals surface area contributed by atoms with Crippen molar-refractivity contribution in [2.75, 3.05) is 33.8 Å². The van der Waals surface area contributed by atoms with Crippen LogP contribution in [0.4, 0.5) is 4.79 Å². The number of hydrogen-bond acceptors (Lipinski definition) is 5. The van der Waals surface area contributed by atoms with E-state index in [0.29, 0.717) is 12.5 Å². The number of aliphatic imine (C=N–C) groups is 1. The van der Waals surface area contributed by atoms with Crippen LogP contribution in [-0.2, 0) is 14.3 Å². The van der Waals surface area contributed by atoms with E-state index in [9.17, 15) is 9.59 Å². The van der Waals surface area contributed by atoms with Crippen molar-refractivity contribution in [3.8, 4) is 0 Å². The zero-order valence-electron chi connectivity index (χ0n) is 19.1. The lowest BCUT2D eigenvalue weighted by Crippen LogP contribution is -2.49. The Morgan fingerprint density at radius 2 is 1.70 bits per heavy atom. The topological polar surface area (TPSA) is 104 Å². The molecule has 1 unspecified atom stereocenters.